The molecule has 6 nitrogen and oxygen atoms in total. The summed E-state index contributed by atoms with van der Waals surface area (Å²) in [4.78, 5) is 38.1. The fourth-order valence-electron chi connectivity index (χ4n) is 12.0. The minimum Gasteiger partial charge on any atom is -0.462 e. The van der Waals surface area contributed by atoms with E-state index in [-0.39, 0.29) is 31.1 Å². The Morgan fingerprint density at radius 2 is 0.333 bits per heavy atom. The van der Waals surface area contributed by atoms with E-state index in [1.165, 1.54) is 340 Å². The molecule has 6 heteroatoms. The van der Waals surface area contributed by atoms with Gasteiger partial charge in [-0.25, -0.2) is 0 Å². The highest BCUT2D eigenvalue weighted by Crippen LogP contribution is 2.20. The van der Waals surface area contributed by atoms with E-state index in [0.29, 0.717) is 19.3 Å². The lowest BCUT2D eigenvalue weighted by atomic mass is 10.0. The summed E-state index contributed by atoms with van der Waals surface area (Å²) in [5.41, 5.74) is 0. The minimum absolute atomic E-state index is 0.0620. The maximum atomic E-state index is 12.9. The van der Waals surface area contributed by atoms with Gasteiger partial charge >= 0.3 is 17.9 Å². The van der Waals surface area contributed by atoms with Gasteiger partial charge in [-0.2, -0.15) is 0 Å². The van der Waals surface area contributed by atoms with Crippen LogP contribution in [0.25, 0.3) is 0 Å². The normalized spacial score (nSPS) is 11.9. The molecular weight excluding hydrogens is 997 g/mol. The Hall–Kier alpha value is -1.59. The third-order valence-corrected chi connectivity index (χ3v) is 17.6. The molecular formula is C75H146O6. The van der Waals surface area contributed by atoms with Crippen molar-refractivity contribution in [3.05, 3.63) is 0 Å². The molecule has 0 aliphatic heterocycles. The van der Waals surface area contributed by atoms with E-state index in [4.69, 9.17) is 14.2 Å². The summed E-state index contributed by atoms with van der Waals surface area (Å²) in [6, 6.07) is 0. The number of unbranched alkanes of at least 4 members (excludes halogenated alkanes) is 60. The zero-order chi connectivity index (χ0) is 58.5. The summed E-state index contributed by atoms with van der Waals surface area (Å²) >= 11 is 0. The summed E-state index contributed by atoms with van der Waals surface area (Å²) in [7, 11) is 0. The van der Waals surface area contributed by atoms with Crippen LogP contribution in [0, 0.1) is 0 Å². The number of rotatable bonds is 71. The first-order chi connectivity index (χ1) is 40.0. The molecule has 0 fully saturated rings. The largest absolute Gasteiger partial charge is 0.462 e. The van der Waals surface area contributed by atoms with Crippen LogP contribution in [-0.4, -0.2) is 37.2 Å². The fraction of sp³-hybridized carbons (Fsp3) is 0.960. The van der Waals surface area contributed by atoms with Crippen molar-refractivity contribution < 1.29 is 28.6 Å². The fourth-order valence-corrected chi connectivity index (χ4v) is 12.0. The molecule has 0 saturated carbocycles. The predicted octanol–water partition coefficient (Wildman–Crippen LogP) is 25.8. The van der Waals surface area contributed by atoms with Gasteiger partial charge in [-0.3, -0.25) is 14.4 Å². The van der Waals surface area contributed by atoms with Gasteiger partial charge < -0.3 is 14.2 Å². The Kier molecular flexibility index (Phi) is 69.5. The van der Waals surface area contributed by atoms with Crippen LogP contribution >= 0.6 is 0 Å². The number of esters is 3. The summed E-state index contributed by atoms with van der Waals surface area (Å²) in [5.74, 6) is -0.840. The molecule has 0 amide bonds. The van der Waals surface area contributed by atoms with Crippen molar-refractivity contribution in [3.8, 4) is 0 Å². The van der Waals surface area contributed by atoms with Crippen LogP contribution in [0.1, 0.15) is 445 Å². The second kappa shape index (κ2) is 70.9. The van der Waals surface area contributed by atoms with Gasteiger partial charge in [0.05, 0.1) is 0 Å². The summed E-state index contributed by atoms with van der Waals surface area (Å²) < 4.78 is 16.9. The summed E-state index contributed by atoms with van der Waals surface area (Å²) in [5, 5.41) is 0. The zero-order valence-electron chi connectivity index (χ0n) is 55.6. The average molecular weight is 1140 g/mol. The van der Waals surface area contributed by atoms with Gasteiger partial charge in [0.15, 0.2) is 6.10 Å². The summed E-state index contributed by atoms with van der Waals surface area (Å²) in [6.07, 6.45) is 85.1. The second-order valence-corrected chi connectivity index (χ2v) is 25.9. The molecule has 0 spiro atoms. The first-order valence-corrected chi connectivity index (χ1v) is 37.5. The standard InChI is InChI=1S/C75H146O6/c1-4-7-10-13-15-17-19-21-23-25-27-29-31-33-35-36-37-38-39-40-42-43-45-47-49-51-53-55-57-59-62-65-68-74(77)80-71-72(70-79-73(76)67-64-61-12-9-6-3)81-75(78)69-66-63-60-58-56-54-52-50-48-46-44-41-34-32-30-28-26-24-22-20-18-16-14-11-8-5-2/h72H,4-71H2,1-3H3. The topological polar surface area (TPSA) is 78.9 Å². The lowest BCUT2D eigenvalue weighted by Gasteiger charge is -2.18. The highest BCUT2D eigenvalue weighted by molar-refractivity contribution is 5.71. The van der Waals surface area contributed by atoms with Crippen LogP contribution in [0.3, 0.4) is 0 Å². The quantitative estimate of drug-likeness (QED) is 0.0343. The van der Waals surface area contributed by atoms with Gasteiger partial charge in [-0.1, -0.05) is 406 Å². The number of hydrogen-bond acceptors (Lipinski definition) is 6. The van der Waals surface area contributed by atoms with E-state index < -0.39 is 6.10 Å². The van der Waals surface area contributed by atoms with Crippen LogP contribution in [0.5, 0.6) is 0 Å². The average Bonchev–Trinajstić information content (AvgIpc) is 3.47. The molecule has 0 aliphatic rings. The lowest BCUT2D eigenvalue weighted by Crippen LogP contribution is -2.30. The predicted molar refractivity (Wildman–Crippen MR) is 354 cm³/mol. The third-order valence-electron chi connectivity index (χ3n) is 17.6. The molecule has 0 rings (SSSR count). The molecule has 0 bridgehead atoms. The van der Waals surface area contributed by atoms with E-state index in [9.17, 15) is 14.4 Å². The molecule has 0 aromatic rings. The van der Waals surface area contributed by atoms with Gasteiger partial charge in [-0.15, -0.1) is 0 Å². The van der Waals surface area contributed by atoms with Crippen LogP contribution in [-0.2, 0) is 28.6 Å². The molecule has 0 N–H and O–H groups in total. The zero-order valence-corrected chi connectivity index (χ0v) is 55.6. The van der Waals surface area contributed by atoms with Crippen molar-refractivity contribution in [2.75, 3.05) is 13.2 Å². The Balaban J connectivity index is 3.85. The second-order valence-electron chi connectivity index (χ2n) is 25.9. The maximum absolute atomic E-state index is 12.9. The van der Waals surface area contributed by atoms with Crippen LogP contribution < -0.4 is 0 Å². The van der Waals surface area contributed by atoms with Gasteiger partial charge in [0.25, 0.3) is 0 Å². The van der Waals surface area contributed by atoms with Gasteiger partial charge in [0.2, 0.25) is 0 Å². The smallest absolute Gasteiger partial charge is 0.306 e. The molecule has 1 unspecified atom stereocenters. The molecule has 0 aliphatic carbocycles. The van der Waals surface area contributed by atoms with Crippen molar-refractivity contribution in [1.82, 2.24) is 0 Å². The maximum Gasteiger partial charge on any atom is 0.306 e. The number of ether oxygens (including phenoxy) is 3. The van der Waals surface area contributed by atoms with E-state index in [1.54, 1.807) is 0 Å². The molecule has 0 radical (unpaired) electrons. The monoisotopic (exact) mass is 1140 g/mol. The first-order valence-electron chi connectivity index (χ1n) is 37.5. The van der Waals surface area contributed by atoms with E-state index in [0.717, 1.165) is 64.2 Å². The lowest BCUT2D eigenvalue weighted by molar-refractivity contribution is -0.167. The third kappa shape index (κ3) is 69.1. The van der Waals surface area contributed by atoms with Crippen LogP contribution in [0.4, 0.5) is 0 Å². The Morgan fingerprint density at radius 1 is 0.198 bits per heavy atom. The van der Waals surface area contributed by atoms with Gasteiger partial charge in [0.1, 0.15) is 13.2 Å². The molecule has 482 valence electrons. The van der Waals surface area contributed by atoms with Crippen molar-refractivity contribution in [1.29, 1.82) is 0 Å². The molecule has 81 heavy (non-hydrogen) atoms. The van der Waals surface area contributed by atoms with Crippen molar-refractivity contribution in [2.24, 2.45) is 0 Å². The van der Waals surface area contributed by atoms with Crippen molar-refractivity contribution in [2.45, 2.75) is 451 Å². The van der Waals surface area contributed by atoms with E-state index >= 15 is 0 Å². The van der Waals surface area contributed by atoms with Gasteiger partial charge in [0, 0.05) is 19.3 Å². The Labute approximate surface area is 508 Å². The number of hydrogen-bond donors (Lipinski definition) is 0. The Morgan fingerprint density at radius 3 is 0.494 bits per heavy atom. The first kappa shape index (κ1) is 79.4. The number of carbonyl (C=O) groups is 3. The van der Waals surface area contributed by atoms with E-state index in [1.807, 2.05) is 0 Å². The molecule has 0 aromatic heterocycles. The van der Waals surface area contributed by atoms with Gasteiger partial charge in [-0.05, 0) is 19.3 Å². The Bertz CT molecular complexity index is 1220. The molecule has 0 saturated heterocycles. The SMILES string of the molecule is CCCCCCCCCCCCCCCCCCCCCCCCCCCCCCCCCCC(=O)OCC(COC(=O)CCCCCCC)OC(=O)CCCCCCCCCCCCCCCCCCCCCCCCCCCC. The minimum atomic E-state index is -0.761. The van der Waals surface area contributed by atoms with E-state index in [2.05, 4.69) is 20.8 Å². The summed E-state index contributed by atoms with van der Waals surface area (Å²) in [6.45, 7) is 6.66. The highest BCUT2D eigenvalue weighted by atomic mass is 16.6. The number of carbonyl (C=O) groups excluding carboxylic acids is 3. The molecule has 1 atom stereocenters. The highest BCUT2D eigenvalue weighted by Gasteiger charge is 2.20. The molecule has 0 heterocycles. The molecule has 0 aromatic carbocycles. The van der Waals surface area contributed by atoms with Crippen molar-refractivity contribution >= 4 is 17.9 Å². The van der Waals surface area contributed by atoms with Crippen molar-refractivity contribution in [3.63, 3.8) is 0 Å². The van der Waals surface area contributed by atoms with Crippen LogP contribution in [0.15, 0.2) is 0 Å². The van der Waals surface area contributed by atoms with Crippen LogP contribution in [0.2, 0.25) is 0 Å².